The molecule has 1 aliphatic carbocycles. The molecule has 1 saturated carbocycles. The predicted octanol–water partition coefficient (Wildman–Crippen LogP) is 4.65. The lowest BCUT2D eigenvalue weighted by atomic mass is 10.1. The predicted molar refractivity (Wildman–Crippen MR) is 113 cm³/mol. The molecule has 1 aromatic carbocycles. The molecule has 5 nitrogen and oxygen atoms in total. The van der Waals surface area contributed by atoms with Gasteiger partial charge in [0.25, 0.3) is 5.91 Å². The molecule has 0 bridgehead atoms. The van der Waals surface area contributed by atoms with Gasteiger partial charge in [-0.05, 0) is 39.2 Å². The summed E-state index contributed by atoms with van der Waals surface area (Å²) in [6, 6.07) is 12.7. The minimum Gasteiger partial charge on any atom is -0.350 e. The van der Waals surface area contributed by atoms with Crippen molar-refractivity contribution in [2.75, 3.05) is 4.90 Å². The fourth-order valence-corrected chi connectivity index (χ4v) is 3.81. The molecule has 1 amide bonds. The van der Waals surface area contributed by atoms with Crippen molar-refractivity contribution in [2.45, 2.75) is 77.9 Å². The molecule has 0 aliphatic heterocycles. The second-order valence-corrected chi connectivity index (χ2v) is 8.03. The molecule has 0 unspecified atom stereocenters. The Labute approximate surface area is 168 Å². The van der Waals surface area contributed by atoms with Gasteiger partial charge in [0, 0.05) is 24.7 Å². The van der Waals surface area contributed by atoms with Crippen LogP contribution in [-0.2, 0) is 6.54 Å². The largest absolute Gasteiger partial charge is 0.350 e. The second kappa shape index (κ2) is 9.67. The molecule has 150 valence electrons. The number of anilines is 1. The lowest BCUT2D eigenvalue weighted by Gasteiger charge is -2.28. The summed E-state index contributed by atoms with van der Waals surface area (Å²) in [4.78, 5) is 24.1. The average Bonchev–Trinajstić information content (AvgIpc) is 2.95. The monoisotopic (exact) mass is 380 g/mol. The smallest absolute Gasteiger partial charge is 0.270 e. The van der Waals surface area contributed by atoms with Crippen molar-refractivity contribution < 1.29 is 4.79 Å². The first-order chi connectivity index (χ1) is 13.5. The van der Waals surface area contributed by atoms with Gasteiger partial charge < -0.3 is 10.2 Å². The van der Waals surface area contributed by atoms with Gasteiger partial charge in [0.1, 0.15) is 17.3 Å². The van der Waals surface area contributed by atoms with Crippen LogP contribution in [0.5, 0.6) is 0 Å². The van der Waals surface area contributed by atoms with Gasteiger partial charge in [0.05, 0.1) is 0 Å². The molecule has 0 spiro atoms. The van der Waals surface area contributed by atoms with E-state index in [4.69, 9.17) is 0 Å². The van der Waals surface area contributed by atoms with E-state index in [0.29, 0.717) is 11.5 Å². The van der Waals surface area contributed by atoms with Crippen molar-refractivity contribution in [3.05, 3.63) is 53.5 Å². The van der Waals surface area contributed by atoms with Gasteiger partial charge >= 0.3 is 0 Å². The Balaban J connectivity index is 1.79. The molecule has 0 atom stereocenters. The Morgan fingerprint density at radius 2 is 1.79 bits per heavy atom. The van der Waals surface area contributed by atoms with Gasteiger partial charge in [-0.15, -0.1) is 0 Å². The molecule has 3 rings (SSSR count). The molecule has 0 radical (unpaired) electrons. The first-order valence-corrected chi connectivity index (χ1v) is 10.5. The summed E-state index contributed by atoms with van der Waals surface area (Å²) in [6.45, 7) is 6.89. The number of rotatable bonds is 6. The molecule has 28 heavy (non-hydrogen) atoms. The van der Waals surface area contributed by atoms with Crippen LogP contribution in [0.25, 0.3) is 0 Å². The number of hydrogen-bond donors (Lipinski definition) is 1. The summed E-state index contributed by atoms with van der Waals surface area (Å²) in [7, 11) is 0. The third kappa shape index (κ3) is 5.54. The zero-order valence-electron chi connectivity index (χ0n) is 17.3. The van der Waals surface area contributed by atoms with Crippen LogP contribution >= 0.6 is 0 Å². The molecule has 1 N–H and O–H groups in total. The number of amides is 1. The van der Waals surface area contributed by atoms with E-state index in [-0.39, 0.29) is 18.0 Å². The number of aromatic nitrogens is 2. The van der Waals surface area contributed by atoms with E-state index in [1.54, 1.807) is 0 Å². The number of carbonyl (C=O) groups excluding carboxylic acids is 1. The number of benzene rings is 1. The van der Waals surface area contributed by atoms with Crippen LogP contribution in [0.1, 0.15) is 74.2 Å². The van der Waals surface area contributed by atoms with Crippen LogP contribution in [-0.4, -0.2) is 28.0 Å². The summed E-state index contributed by atoms with van der Waals surface area (Å²) in [5, 5.41) is 3.20. The Morgan fingerprint density at radius 3 is 2.43 bits per heavy atom. The average molecular weight is 381 g/mol. The highest BCUT2D eigenvalue weighted by atomic mass is 16.1. The summed E-state index contributed by atoms with van der Waals surface area (Å²) >= 11 is 0. The summed E-state index contributed by atoms with van der Waals surface area (Å²) < 4.78 is 0. The number of nitrogens with zero attached hydrogens (tertiary/aromatic N) is 3. The highest BCUT2D eigenvalue weighted by Gasteiger charge is 2.20. The minimum absolute atomic E-state index is 0.0814. The Bertz CT molecular complexity index is 767. The third-order valence-corrected chi connectivity index (χ3v) is 5.36. The van der Waals surface area contributed by atoms with Crippen molar-refractivity contribution in [1.29, 1.82) is 0 Å². The van der Waals surface area contributed by atoms with E-state index in [1.807, 2.05) is 31.2 Å². The van der Waals surface area contributed by atoms with Crippen molar-refractivity contribution in [3.63, 3.8) is 0 Å². The normalized spacial score (nSPS) is 15.3. The fourth-order valence-electron chi connectivity index (χ4n) is 3.81. The quantitative estimate of drug-likeness (QED) is 0.741. The Morgan fingerprint density at radius 1 is 1.11 bits per heavy atom. The molecular formula is C23H32N4O. The summed E-state index contributed by atoms with van der Waals surface area (Å²) in [5.74, 6) is 1.35. The van der Waals surface area contributed by atoms with Gasteiger partial charge in [-0.25, -0.2) is 9.97 Å². The zero-order valence-corrected chi connectivity index (χ0v) is 17.3. The van der Waals surface area contributed by atoms with Crippen molar-refractivity contribution in [3.8, 4) is 0 Å². The number of carbonyl (C=O) groups is 1. The van der Waals surface area contributed by atoms with Gasteiger partial charge in [0.2, 0.25) is 0 Å². The van der Waals surface area contributed by atoms with Crippen LogP contribution in [0.15, 0.2) is 36.4 Å². The van der Waals surface area contributed by atoms with Crippen LogP contribution in [0.4, 0.5) is 5.82 Å². The standard InChI is InChI=1S/C23H32N4O/c1-17(2)27(16-19-11-7-6-8-12-19)22-15-21(24-18(3)25-22)23(28)26-20-13-9-4-5-10-14-20/h6-8,11-12,15,17,20H,4-5,9-10,13-14,16H2,1-3H3,(H,26,28). The fraction of sp³-hybridized carbons (Fsp3) is 0.522. The lowest BCUT2D eigenvalue weighted by Crippen LogP contribution is -2.36. The van der Waals surface area contributed by atoms with E-state index in [1.165, 1.54) is 31.2 Å². The maximum absolute atomic E-state index is 12.9. The highest BCUT2D eigenvalue weighted by Crippen LogP contribution is 2.21. The van der Waals surface area contributed by atoms with Gasteiger partial charge in [-0.2, -0.15) is 0 Å². The van der Waals surface area contributed by atoms with Crippen LogP contribution in [0.2, 0.25) is 0 Å². The summed E-state index contributed by atoms with van der Waals surface area (Å²) in [5.41, 5.74) is 1.68. The molecular weight excluding hydrogens is 348 g/mol. The first-order valence-electron chi connectivity index (χ1n) is 10.5. The third-order valence-electron chi connectivity index (χ3n) is 5.36. The highest BCUT2D eigenvalue weighted by molar-refractivity contribution is 5.93. The zero-order chi connectivity index (χ0) is 19.9. The van der Waals surface area contributed by atoms with Gasteiger partial charge in [-0.3, -0.25) is 4.79 Å². The molecule has 1 aromatic heterocycles. The van der Waals surface area contributed by atoms with Gasteiger partial charge in [-0.1, -0.05) is 56.0 Å². The lowest BCUT2D eigenvalue weighted by molar-refractivity contribution is 0.0928. The van der Waals surface area contributed by atoms with Crippen LogP contribution < -0.4 is 10.2 Å². The molecule has 5 heteroatoms. The van der Waals surface area contributed by atoms with E-state index in [2.05, 4.69) is 46.2 Å². The molecule has 0 saturated heterocycles. The number of hydrogen-bond acceptors (Lipinski definition) is 4. The first kappa shape index (κ1) is 20.3. The molecule has 1 aliphatic rings. The van der Waals surface area contributed by atoms with E-state index in [9.17, 15) is 4.79 Å². The van der Waals surface area contributed by atoms with Crippen molar-refractivity contribution >= 4 is 11.7 Å². The maximum atomic E-state index is 12.9. The minimum atomic E-state index is -0.0814. The Hall–Kier alpha value is -2.43. The summed E-state index contributed by atoms with van der Waals surface area (Å²) in [6.07, 6.45) is 7.05. The SMILES string of the molecule is Cc1nc(C(=O)NC2CCCCCC2)cc(N(Cc2ccccc2)C(C)C)n1. The van der Waals surface area contributed by atoms with E-state index in [0.717, 1.165) is 25.2 Å². The van der Waals surface area contributed by atoms with E-state index >= 15 is 0 Å². The topological polar surface area (TPSA) is 58.1 Å². The maximum Gasteiger partial charge on any atom is 0.270 e. The van der Waals surface area contributed by atoms with E-state index < -0.39 is 0 Å². The Kier molecular flexibility index (Phi) is 7.01. The number of nitrogens with one attached hydrogen (secondary N) is 1. The molecule has 2 aromatic rings. The van der Waals surface area contributed by atoms with Crippen LogP contribution in [0.3, 0.4) is 0 Å². The number of aryl methyl sites for hydroxylation is 1. The van der Waals surface area contributed by atoms with Gasteiger partial charge in [0.15, 0.2) is 0 Å². The van der Waals surface area contributed by atoms with Crippen molar-refractivity contribution in [2.24, 2.45) is 0 Å². The van der Waals surface area contributed by atoms with Crippen LogP contribution in [0, 0.1) is 6.92 Å². The molecule has 1 heterocycles. The molecule has 1 fully saturated rings. The van der Waals surface area contributed by atoms with Crippen molar-refractivity contribution in [1.82, 2.24) is 15.3 Å². The second-order valence-electron chi connectivity index (χ2n) is 8.03.